The first-order valence-electron chi connectivity index (χ1n) is 7.47. The van der Waals surface area contributed by atoms with Gasteiger partial charge in [0.05, 0.1) is 6.04 Å². The van der Waals surface area contributed by atoms with Crippen molar-refractivity contribution in [2.75, 3.05) is 19.6 Å². The highest BCUT2D eigenvalue weighted by Gasteiger charge is 2.21. The van der Waals surface area contributed by atoms with Crippen LogP contribution in [0.15, 0.2) is 30.3 Å². The quantitative estimate of drug-likeness (QED) is 0.868. The standard InChI is InChI=1S/C16H25N3O.ClH/c1-13(17)16(20)18-15-8-11-19(12-9-15)10-7-14-5-3-2-4-6-14;/h2-6,13,15H,7-12,17H2,1H3,(H,18,20);1H. The minimum absolute atomic E-state index is 0. The van der Waals surface area contributed by atoms with Crippen molar-refractivity contribution >= 4 is 18.3 Å². The largest absolute Gasteiger partial charge is 0.352 e. The Morgan fingerprint density at radius 2 is 1.95 bits per heavy atom. The summed E-state index contributed by atoms with van der Waals surface area (Å²) in [5.41, 5.74) is 6.96. The molecule has 0 aromatic heterocycles. The summed E-state index contributed by atoms with van der Waals surface area (Å²) < 4.78 is 0. The molecule has 1 atom stereocenters. The van der Waals surface area contributed by atoms with Gasteiger partial charge in [-0.25, -0.2) is 0 Å². The zero-order valence-corrected chi connectivity index (χ0v) is 13.4. The van der Waals surface area contributed by atoms with Crippen molar-refractivity contribution in [3.8, 4) is 0 Å². The Labute approximate surface area is 133 Å². The number of rotatable bonds is 5. The highest BCUT2D eigenvalue weighted by Crippen LogP contribution is 2.11. The third-order valence-electron chi connectivity index (χ3n) is 3.91. The number of hydrogen-bond donors (Lipinski definition) is 2. The van der Waals surface area contributed by atoms with E-state index >= 15 is 0 Å². The van der Waals surface area contributed by atoms with Gasteiger partial charge in [0.15, 0.2) is 0 Å². The molecule has 1 fully saturated rings. The number of hydrogen-bond acceptors (Lipinski definition) is 3. The molecule has 0 saturated carbocycles. The number of piperidine rings is 1. The second-order valence-electron chi connectivity index (χ2n) is 5.65. The summed E-state index contributed by atoms with van der Waals surface area (Å²) in [6, 6.07) is 10.5. The Morgan fingerprint density at radius 3 is 2.52 bits per heavy atom. The Hall–Kier alpha value is -1.10. The second-order valence-corrected chi connectivity index (χ2v) is 5.65. The van der Waals surface area contributed by atoms with E-state index in [4.69, 9.17) is 5.73 Å². The van der Waals surface area contributed by atoms with Gasteiger partial charge in [0.1, 0.15) is 0 Å². The summed E-state index contributed by atoms with van der Waals surface area (Å²) in [5.74, 6) is -0.0345. The first kappa shape index (κ1) is 18.0. The molecule has 1 aliphatic rings. The van der Waals surface area contributed by atoms with Crippen molar-refractivity contribution in [2.45, 2.75) is 38.3 Å². The van der Waals surface area contributed by atoms with Crippen LogP contribution in [0.2, 0.25) is 0 Å². The third-order valence-corrected chi connectivity index (χ3v) is 3.91. The first-order valence-corrected chi connectivity index (χ1v) is 7.47. The third kappa shape index (κ3) is 6.04. The van der Waals surface area contributed by atoms with Crippen LogP contribution in [0.4, 0.5) is 0 Å². The molecule has 4 nitrogen and oxygen atoms in total. The topological polar surface area (TPSA) is 58.4 Å². The lowest BCUT2D eigenvalue weighted by Crippen LogP contribution is -2.49. The van der Waals surface area contributed by atoms with Gasteiger partial charge in [-0.2, -0.15) is 0 Å². The van der Waals surface area contributed by atoms with Gasteiger partial charge in [-0.15, -0.1) is 12.4 Å². The lowest BCUT2D eigenvalue weighted by atomic mass is 10.0. The van der Waals surface area contributed by atoms with Gasteiger partial charge in [0, 0.05) is 25.7 Å². The molecule has 0 aliphatic carbocycles. The molecule has 0 bridgehead atoms. The summed E-state index contributed by atoms with van der Waals surface area (Å²) in [7, 11) is 0. The number of benzene rings is 1. The smallest absolute Gasteiger partial charge is 0.236 e. The maximum absolute atomic E-state index is 11.6. The SMILES string of the molecule is CC(N)C(=O)NC1CCN(CCc2ccccc2)CC1.Cl. The van der Waals surface area contributed by atoms with Crippen LogP contribution in [-0.2, 0) is 11.2 Å². The van der Waals surface area contributed by atoms with E-state index in [0.717, 1.165) is 38.9 Å². The number of nitrogens with zero attached hydrogens (tertiary/aromatic N) is 1. The maximum Gasteiger partial charge on any atom is 0.236 e. The molecule has 1 saturated heterocycles. The molecule has 2 rings (SSSR count). The fraction of sp³-hybridized carbons (Fsp3) is 0.562. The van der Waals surface area contributed by atoms with Crippen molar-refractivity contribution < 1.29 is 4.79 Å². The zero-order chi connectivity index (χ0) is 14.4. The van der Waals surface area contributed by atoms with E-state index in [-0.39, 0.29) is 18.3 Å². The van der Waals surface area contributed by atoms with Crippen molar-refractivity contribution in [2.24, 2.45) is 5.73 Å². The van der Waals surface area contributed by atoms with Crippen molar-refractivity contribution in [1.82, 2.24) is 10.2 Å². The van der Waals surface area contributed by atoms with Crippen LogP contribution in [0.3, 0.4) is 0 Å². The number of nitrogens with two attached hydrogens (primary N) is 1. The Balaban J connectivity index is 0.00000220. The Bertz CT molecular complexity index is 417. The van der Waals surface area contributed by atoms with Crippen LogP contribution in [0.25, 0.3) is 0 Å². The van der Waals surface area contributed by atoms with Crippen LogP contribution in [-0.4, -0.2) is 42.5 Å². The lowest BCUT2D eigenvalue weighted by molar-refractivity contribution is -0.123. The average Bonchev–Trinajstić information content (AvgIpc) is 2.47. The minimum atomic E-state index is -0.411. The van der Waals surface area contributed by atoms with Crippen LogP contribution in [0.5, 0.6) is 0 Å². The normalized spacial score (nSPS) is 17.8. The molecule has 1 aromatic carbocycles. The van der Waals surface area contributed by atoms with Gasteiger partial charge in [-0.3, -0.25) is 4.79 Å². The van der Waals surface area contributed by atoms with Gasteiger partial charge >= 0.3 is 0 Å². The predicted molar refractivity (Wildman–Crippen MR) is 88.6 cm³/mol. The molecule has 1 amide bonds. The van der Waals surface area contributed by atoms with E-state index in [1.165, 1.54) is 5.56 Å². The molecule has 1 aliphatic heterocycles. The van der Waals surface area contributed by atoms with E-state index in [0.29, 0.717) is 6.04 Å². The number of carbonyl (C=O) groups excluding carboxylic acids is 1. The second kappa shape index (κ2) is 9.03. The van der Waals surface area contributed by atoms with E-state index in [2.05, 4.69) is 40.5 Å². The van der Waals surface area contributed by atoms with E-state index in [9.17, 15) is 4.79 Å². The molecular formula is C16H26ClN3O. The molecule has 118 valence electrons. The first-order chi connectivity index (χ1) is 9.65. The number of likely N-dealkylation sites (tertiary alicyclic amines) is 1. The monoisotopic (exact) mass is 311 g/mol. The van der Waals surface area contributed by atoms with Crippen LogP contribution >= 0.6 is 12.4 Å². The van der Waals surface area contributed by atoms with E-state index in [1.807, 2.05) is 0 Å². The summed E-state index contributed by atoms with van der Waals surface area (Å²) in [6.07, 6.45) is 3.14. The molecule has 5 heteroatoms. The van der Waals surface area contributed by atoms with Crippen molar-refractivity contribution in [1.29, 1.82) is 0 Å². The lowest BCUT2D eigenvalue weighted by Gasteiger charge is -2.32. The highest BCUT2D eigenvalue weighted by atomic mass is 35.5. The summed E-state index contributed by atoms with van der Waals surface area (Å²) in [6.45, 7) is 4.93. The molecule has 0 spiro atoms. The number of carbonyl (C=O) groups is 1. The number of halogens is 1. The zero-order valence-electron chi connectivity index (χ0n) is 12.6. The fourth-order valence-electron chi connectivity index (χ4n) is 2.57. The Morgan fingerprint density at radius 1 is 1.33 bits per heavy atom. The van der Waals surface area contributed by atoms with Crippen LogP contribution in [0.1, 0.15) is 25.3 Å². The fourth-order valence-corrected chi connectivity index (χ4v) is 2.57. The molecule has 1 heterocycles. The predicted octanol–water partition coefficient (Wildman–Crippen LogP) is 1.58. The molecular weight excluding hydrogens is 286 g/mol. The molecule has 21 heavy (non-hydrogen) atoms. The Kier molecular flexibility index (Phi) is 7.72. The van der Waals surface area contributed by atoms with Gasteiger partial charge in [-0.1, -0.05) is 30.3 Å². The summed E-state index contributed by atoms with van der Waals surface area (Å²) in [4.78, 5) is 14.0. The summed E-state index contributed by atoms with van der Waals surface area (Å²) in [5, 5.41) is 3.02. The maximum atomic E-state index is 11.6. The van der Waals surface area contributed by atoms with Crippen molar-refractivity contribution in [3.05, 3.63) is 35.9 Å². The summed E-state index contributed by atoms with van der Waals surface area (Å²) >= 11 is 0. The minimum Gasteiger partial charge on any atom is -0.352 e. The van der Waals surface area contributed by atoms with Gasteiger partial charge < -0.3 is 16.0 Å². The van der Waals surface area contributed by atoms with Crippen LogP contribution < -0.4 is 11.1 Å². The molecule has 0 radical (unpaired) electrons. The number of amides is 1. The molecule has 3 N–H and O–H groups in total. The van der Waals surface area contributed by atoms with E-state index in [1.54, 1.807) is 6.92 Å². The average molecular weight is 312 g/mol. The molecule has 1 unspecified atom stereocenters. The van der Waals surface area contributed by atoms with E-state index < -0.39 is 6.04 Å². The van der Waals surface area contributed by atoms with Gasteiger partial charge in [0.25, 0.3) is 0 Å². The van der Waals surface area contributed by atoms with Crippen molar-refractivity contribution in [3.63, 3.8) is 0 Å². The van der Waals surface area contributed by atoms with Gasteiger partial charge in [0.2, 0.25) is 5.91 Å². The van der Waals surface area contributed by atoms with Gasteiger partial charge in [-0.05, 0) is 31.7 Å². The molecule has 1 aromatic rings. The number of nitrogens with one attached hydrogen (secondary N) is 1. The highest BCUT2D eigenvalue weighted by molar-refractivity contribution is 5.85. The van der Waals surface area contributed by atoms with Crippen LogP contribution in [0, 0.1) is 0 Å².